The highest BCUT2D eigenvalue weighted by Crippen LogP contribution is 2.42. The van der Waals surface area contributed by atoms with Gasteiger partial charge in [-0.25, -0.2) is 0 Å². The number of hydrogen-bond acceptors (Lipinski definition) is 4. The Morgan fingerprint density at radius 2 is 1.67 bits per heavy atom. The molecule has 170 valence electrons. The Morgan fingerprint density at radius 1 is 0.970 bits per heavy atom. The van der Waals surface area contributed by atoms with Gasteiger partial charge in [0.1, 0.15) is 5.75 Å². The van der Waals surface area contributed by atoms with Crippen LogP contribution >= 0.6 is 0 Å². The van der Waals surface area contributed by atoms with Crippen molar-refractivity contribution in [1.82, 2.24) is 0 Å². The van der Waals surface area contributed by atoms with Gasteiger partial charge in [-0.1, -0.05) is 61.9 Å². The minimum absolute atomic E-state index is 0.286. The molecule has 0 saturated heterocycles. The Hall–Kier alpha value is -3.44. The molecule has 1 heterocycles. The molecule has 0 radical (unpaired) electrons. The summed E-state index contributed by atoms with van der Waals surface area (Å²) >= 11 is 0. The maximum Gasteiger partial charge on any atom is 0.264 e. The SMILES string of the molecule is CCCCOc1ccc(C(=O)CC2(O)C(=O)N(CCc3ccccc3)c3ccccc32)cc1. The van der Waals surface area contributed by atoms with Crippen LogP contribution in [0.1, 0.15) is 47.7 Å². The van der Waals surface area contributed by atoms with Gasteiger partial charge in [-0.2, -0.15) is 0 Å². The molecule has 1 aliphatic rings. The smallest absolute Gasteiger partial charge is 0.264 e. The Kier molecular flexibility index (Phi) is 6.90. The van der Waals surface area contributed by atoms with E-state index in [2.05, 4.69) is 6.92 Å². The van der Waals surface area contributed by atoms with E-state index in [1.165, 1.54) is 0 Å². The number of carbonyl (C=O) groups is 2. The highest BCUT2D eigenvalue weighted by molar-refractivity contribution is 6.10. The molecule has 0 fully saturated rings. The Morgan fingerprint density at radius 3 is 2.39 bits per heavy atom. The first-order chi connectivity index (χ1) is 16.0. The van der Waals surface area contributed by atoms with Gasteiger partial charge in [0.15, 0.2) is 11.4 Å². The number of Topliss-reactive ketones (excluding diaryl/α,β-unsaturated/α-hetero) is 1. The number of hydrogen-bond donors (Lipinski definition) is 1. The second-order valence-corrected chi connectivity index (χ2v) is 8.40. The number of nitrogens with zero attached hydrogens (tertiary/aromatic N) is 1. The number of ether oxygens (including phenoxy) is 1. The summed E-state index contributed by atoms with van der Waals surface area (Å²) < 4.78 is 5.65. The van der Waals surface area contributed by atoms with Gasteiger partial charge >= 0.3 is 0 Å². The molecule has 0 aliphatic carbocycles. The van der Waals surface area contributed by atoms with Crippen molar-refractivity contribution in [1.29, 1.82) is 0 Å². The van der Waals surface area contributed by atoms with Gasteiger partial charge in [0.2, 0.25) is 0 Å². The second kappa shape index (κ2) is 10.0. The second-order valence-electron chi connectivity index (χ2n) is 8.40. The molecule has 1 amide bonds. The molecule has 5 nitrogen and oxygen atoms in total. The molecule has 3 aromatic rings. The zero-order valence-electron chi connectivity index (χ0n) is 18.9. The quantitative estimate of drug-likeness (QED) is 0.357. The number of unbranched alkanes of at least 4 members (excludes halogenated alkanes) is 1. The highest BCUT2D eigenvalue weighted by atomic mass is 16.5. The zero-order valence-corrected chi connectivity index (χ0v) is 18.9. The van der Waals surface area contributed by atoms with Crippen molar-refractivity contribution >= 4 is 17.4 Å². The topological polar surface area (TPSA) is 66.8 Å². The summed E-state index contributed by atoms with van der Waals surface area (Å²) in [6.07, 6.45) is 2.37. The van der Waals surface area contributed by atoms with E-state index in [1.54, 1.807) is 41.3 Å². The van der Waals surface area contributed by atoms with Crippen LogP contribution in [0.25, 0.3) is 0 Å². The third kappa shape index (κ3) is 4.83. The molecule has 1 atom stereocenters. The largest absolute Gasteiger partial charge is 0.494 e. The number of rotatable bonds is 10. The molecule has 0 spiro atoms. The van der Waals surface area contributed by atoms with Gasteiger partial charge in [0.25, 0.3) is 5.91 Å². The maximum absolute atomic E-state index is 13.4. The molecule has 1 unspecified atom stereocenters. The number of aliphatic hydroxyl groups is 1. The Labute approximate surface area is 194 Å². The van der Waals surface area contributed by atoms with Gasteiger partial charge in [0.05, 0.1) is 18.7 Å². The van der Waals surface area contributed by atoms with Crippen LogP contribution in [-0.2, 0) is 16.8 Å². The van der Waals surface area contributed by atoms with Gasteiger partial charge in [-0.3, -0.25) is 9.59 Å². The van der Waals surface area contributed by atoms with Crippen molar-refractivity contribution in [2.75, 3.05) is 18.1 Å². The van der Waals surface area contributed by atoms with Crippen molar-refractivity contribution in [3.05, 3.63) is 95.6 Å². The van der Waals surface area contributed by atoms with E-state index in [0.717, 1.165) is 18.4 Å². The predicted octanol–water partition coefficient (Wildman–Crippen LogP) is 4.92. The fourth-order valence-corrected chi connectivity index (χ4v) is 4.19. The van der Waals surface area contributed by atoms with Crippen molar-refractivity contribution in [3.8, 4) is 5.75 Å². The summed E-state index contributed by atoms with van der Waals surface area (Å²) in [6.45, 7) is 3.16. The average Bonchev–Trinajstić information content (AvgIpc) is 3.05. The summed E-state index contributed by atoms with van der Waals surface area (Å²) in [5.41, 5.74) is 0.819. The number of benzene rings is 3. The van der Waals surface area contributed by atoms with E-state index < -0.39 is 11.5 Å². The van der Waals surface area contributed by atoms with Gasteiger partial charge in [-0.15, -0.1) is 0 Å². The van der Waals surface area contributed by atoms with Crippen LogP contribution in [0.4, 0.5) is 5.69 Å². The molecule has 0 aromatic heterocycles. The first-order valence-electron chi connectivity index (χ1n) is 11.5. The van der Waals surface area contributed by atoms with Gasteiger partial charge in [0, 0.05) is 17.7 Å². The van der Waals surface area contributed by atoms with Crippen molar-refractivity contribution in [2.24, 2.45) is 0 Å². The summed E-state index contributed by atoms with van der Waals surface area (Å²) in [7, 11) is 0. The van der Waals surface area contributed by atoms with E-state index in [4.69, 9.17) is 4.74 Å². The van der Waals surface area contributed by atoms with Crippen LogP contribution < -0.4 is 9.64 Å². The fourth-order valence-electron chi connectivity index (χ4n) is 4.19. The number of fused-ring (bicyclic) bond motifs is 1. The third-order valence-electron chi connectivity index (χ3n) is 6.07. The first-order valence-corrected chi connectivity index (χ1v) is 11.5. The van der Waals surface area contributed by atoms with Crippen LogP contribution in [-0.4, -0.2) is 29.9 Å². The zero-order chi connectivity index (χ0) is 23.3. The molecule has 33 heavy (non-hydrogen) atoms. The van der Waals surface area contributed by atoms with E-state index in [-0.39, 0.29) is 12.2 Å². The summed E-state index contributed by atoms with van der Waals surface area (Å²) in [6, 6.07) is 24.0. The summed E-state index contributed by atoms with van der Waals surface area (Å²) in [5, 5.41) is 11.5. The molecule has 0 saturated carbocycles. The van der Waals surface area contributed by atoms with E-state index in [0.29, 0.717) is 42.1 Å². The Bertz CT molecular complexity index is 1110. The third-order valence-corrected chi connectivity index (χ3v) is 6.07. The highest BCUT2D eigenvalue weighted by Gasteiger charge is 2.50. The van der Waals surface area contributed by atoms with Crippen LogP contribution in [0.2, 0.25) is 0 Å². The Balaban J connectivity index is 1.50. The lowest BCUT2D eigenvalue weighted by Gasteiger charge is -2.23. The van der Waals surface area contributed by atoms with E-state index in [9.17, 15) is 14.7 Å². The van der Waals surface area contributed by atoms with Crippen molar-refractivity contribution in [3.63, 3.8) is 0 Å². The predicted molar refractivity (Wildman–Crippen MR) is 129 cm³/mol. The van der Waals surface area contributed by atoms with Crippen LogP contribution in [0.15, 0.2) is 78.9 Å². The van der Waals surface area contributed by atoms with Gasteiger partial charge in [-0.05, 0) is 48.7 Å². The average molecular weight is 444 g/mol. The molecular weight excluding hydrogens is 414 g/mol. The monoisotopic (exact) mass is 443 g/mol. The molecule has 0 bridgehead atoms. The molecule has 5 heteroatoms. The van der Waals surface area contributed by atoms with Gasteiger partial charge < -0.3 is 14.7 Å². The lowest BCUT2D eigenvalue weighted by Crippen LogP contribution is -2.42. The maximum atomic E-state index is 13.4. The van der Waals surface area contributed by atoms with Crippen molar-refractivity contribution in [2.45, 2.75) is 38.2 Å². The van der Waals surface area contributed by atoms with E-state index in [1.807, 2.05) is 42.5 Å². The molecular formula is C28H29NO4. The molecule has 3 aromatic carbocycles. The number of anilines is 1. The van der Waals surface area contributed by atoms with E-state index >= 15 is 0 Å². The number of ketones is 1. The first kappa shape index (κ1) is 22.7. The number of amides is 1. The van der Waals surface area contributed by atoms with Crippen LogP contribution in [0.5, 0.6) is 5.75 Å². The lowest BCUT2D eigenvalue weighted by atomic mass is 9.88. The van der Waals surface area contributed by atoms with Crippen LogP contribution in [0.3, 0.4) is 0 Å². The molecule has 1 N–H and O–H groups in total. The lowest BCUT2D eigenvalue weighted by molar-refractivity contribution is -0.135. The number of para-hydroxylation sites is 1. The minimum atomic E-state index is -1.87. The number of carbonyl (C=O) groups excluding carboxylic acids is 2. The van der Waals surface area contributed by atoms with Crippen molar-refractivity contribution < 1.29 is 19.4 Å². The minimum Gasteiger partial charge on any atom is -0.494 e. The standard InChI is InChI=1S/C28H29NO4/c1-2-3-19-33-23-15-13-22(14-16-23)26(30)20-28(32)24-11-7-8-12-25(24)29(27(28)31)18-17-21-9-5-4-6-10-21/h4-16,32H,2-3,17-20H2,1H3. The normalized spacial score (nSPS) is 17.2. The summed E-state index contributed by atoms with van der Waals surface area (Å²) in [4.78, 5) is 28.0. The summed E-state index contributed by atoms with van der Waals surface area (Å²) in [5.74, 6) is -0.0359. The van der Waals surface area contributed by atoms with Crippen LogP contribution in [0, 0.1) is 0 Å². The molecule has 1 aliphatic heterocycles. The molecule has 4 rings (SSSR count). The fraction of sp³-hybridized carbons (Fsp3) is 0.286.